The van der Waals surface area contributed by atoms with Crippen molar-refractivity contribution in [2.45, 2.75) is 56.5 Å². The summed E-state index contributed by atoms with van der Waals surface area (Å²) < 4.78 is 47.6. The third kappa shape index (κ3) is 3.40. The molecule has 0 aromatic carbocycles. The van der Waals surface area contributed by atoms with E-state index in [0.29, 0.717) is 18.6 Å². The lowest BCUT2D eigenvalue weighted by molar-refractivity contribution is -0.201. The van der Waals surface area contributed by atoms with Gasteiger partial charge in [0, 0.05) is 35.9 Å². The van der Waals surface area contributed by atoms with Crippen LogP contribution in [0.25, 0.3) is 11.0 Å². The number of amides is 1. The van der Waals surface area contributed by atoms with Crippen LogP contribution < -0.4 is 5.32 Å². The Kier molecular flexibility index (Phi) is 4.85. The quantitative estimate of drug-likeness (QED) is 0.846. The van der Waals surface area contributed by atoms with Gasteiger partial charge >= 0.3 is 6.18 Å². The Balaban J connectivity index is 1.64. The van der Waals surface area contributed by atoms with Crippen molar-refractivity contribution in [2.75, 3.05) is 20.3 Å². The second-order valence-corrected chi connectivity index (χ2v) is 8.50. The number of nitrogens with one attached hydrogen (secondary N) is 1. The first kappa shape index (κ1) is 20.2. The Morgan fingerprint density at radius 1 is 1.24 bits per heavy atom. The maximum absolute atomic E-state index is 13.6. The van der Waals surface area contributed by atoms with Gasteiger partial charge in [0.05, 0.1) is 18.8 Å². The number of morpholine rings is 1. The maximum Gasteiger partial charge on any atom is 0.411 e. The van der Waals surface area contributed by atoms with Gasteiger partial charge in [-0.2, -0.15) is 13.2 Å². The lowest BCUT2D eigenvalue weighted by Gasteiger charge is -2.46. The summed E-state index contributed by atoms with van der Waals surface area (Å²) in [5.74, 6) is -0.367. The predicted molar refractivity (Wildman–Crippen MR) is 102 cm³/mol. The lowest BCUT2D eigenvalue weighted by atomic mass is 9.90. The number of hydrogen-bond donors (Lipinski definition) is 1. The zero-order valence-electron chi connectivity index (χ0n) is 16.7. The second-order valence-electron chi connectivity index (χ2n) is 8.50. The topological polar surface area (TPSA) is 59.4 Å². The van der Waals surface area contributed by atoms with E-state index in [4.69, 9.17) is 4.74 Å². The van der Waals surface area contributed by atoms with Crippen molar-refractivity contribution in [3.05, 3.63) is 30.1 Å². The molecule has 2 aliphatic heterocycles. The normalized spacial score (nSPS) is 25.9. The summed E-state index contributed by atoms with van der Waals surface area (Å²) >= 11 is 0. The van der Waals surface area contributed by atoms with Crippen LogP contribution in [0.1, 0.15) is 37.0 Å². The number of pyridine rings is 1. The highest BCUT2D eigenvalue weighted by atomic mass is 19.4. The third-order valence-electron chi connectivity index (χ3n) is 6.32. The monoisotopic (exact) mass is 410 g/mol. The Bertz CT molecular complexity index is 910. The summed E-state index contributed by atoms with van der Waals surface area (Å²) in [6.07, 6.45) is -0.270. The number of piperidine rings is 1. The van der Waals surface area contributed by atoms with E-state index in [0.717, 1.165) is 31.3 Å². The molecule has 158 valence electrons. The van der Waals surface area contributed by atoms with Crippen molar-refractivity contribution < 1.29 is 22.7 Å². The van der Waals surface area contributed by atoms with Gasteiger partial charge < -0.3 is 14.6 Å². The van der Waals surface area contributed by atoms with Gasteiger partial charge in [0.25, 0.3) is 5.91 Å². The van der Waals surface area contributed by atoms with Crippen molar-refractivity contribution in [2.24, 2.45) is 0 Å². The van der Waals surface area contributed by atoms with Crippen LogP contribution in [0.2, 0.25) is 0 Å². The fraction of sp³-hybridized carbons (Fsp3) is 0.600. The van der Waals surface area contributed by atoms with Gasteiger partial charge in [-0.3, -0.25) is 9.69 Å². The predicted octanol–water partition coefficient (Wildman–Crippen LogP) is 2.93. The van der Waals surface area contributed by atoms with Gasteiger partial charge in [-0.25, -0.2) is 4.98 Å². The number of carbonyl (C=O) groups excluding carboxylic acids is 1. The zero-order valence-corrected chi connectivity index (χ0v) is 16.7. The Morgan fingerprint density at radius 2 is 1.90 bits per heavy atom. The first-order valence-electron chi connectivity index (χ1n) is 9.73. The van der Waals surface area contributed by atoms with Crippen molar-refractivity contribution in [3.8, 4) is 0 Å². The molecule has 0 saturated carbocycles. The molecule has 29 heavy (non-hydrogen) atoms. The number of likely N-dealkylation sites (N-methyl/N-ethyl adjacent to an activating group) is 1. The van der Waals surface area contributed by atoms with Crippen molar-refractivity contribution in [1.29, 1.82) is 0 Å². The van der Waals surface area contributed by atoms with Crippen LogP contribution in [-0.2, 0) is 10.3 Å². The first-order chi connectivity index (χ1) is 13.6. The van der Waals surface area contributed by atoms with Crippen LogP contribution in [0.3, 0.4) is 0 Å². The van der Waals surface area contributed by atoms with E-state index in [9.17, 15) is 18.0 Å². The van der Waals surface area contributed by atoms with Crippen LogP contribution in [0.5, 0.6) is 0 Å². The summed E-state index contributed by atoms with van der Waals surface area (Å²) in [5.41, 5.74) is -1.83. The molecule has 4 rings (SSSR count). The number of hydrogen-bond acceptors (Lipinski definition) is 4. The van der Waals surface area contributed by atoms with Crippen LogP contribution in [0.15, 0.2) is 24.5 Å². The molecule has 2 bridgehead atoms. The van der Waals surface area contributed by atoms with Crippen LogP contribution in [0, 0.1) is 0 Å². The Hall–Kier alpha value is -2.13. The molecule has 2 aromatic rings. The Labute approximate surface area is 167 Å². The smallest absolute Gasteiger partial charge is 0.378 e. The van der Waals surface area contributed by atoms with E-state index in [1.54, 1.807) is 12.1 Å². The number of rotatable bonds is 3. The molecule has 0 spiro atoms. The molecule has 9 heteroatoms. The molecule has 1 amide bonds. The molecule has 1 N–H and O–H groups in total. The number of aromatic nitrogens is 2. The van der Waals surface area contributed by atoms with E-state index in [-0.39, 0.29) is 35.2 Å². The number of ether oxygens (including phenoxy) is 1. The number of halogens is 3. The summed E-state index contributed by atoms with van der Waals surface area (Å²) in [7, 11) is 2.06. The molecule has 1 unspecified atom stereocenters. The number of carbonyl (C=O) groups is 1. The van der Waals surface area contributed by atoms with Crippen LogP contribution in [0.4, 0.5) is 13.2 Å². The average Bonchev–Trinajstić information content (AvgIpc) is 3.02. The molecule has 0 aliphatic carbocycles. The molecule has 0 radical (unpaired) electrons. The minimum atomic E-state index is -4.49. The van der Waals surface area contributed by atoms with E-state index < -0.39 is 11.7 Å². The van der Waals surface area contributed by atoms with E-state index >= 15 is 0 Å². The lowest BCUT2D eigenvalue weighted by Crippen LogP contribution is -2.59. The molecular weight excluding hydrogens is 385 g/mol. The third-order valence-corrected chi connectivity index (χ3v) is 6.32. The molecule has 4 heterocycles. The average molecular weight is 410 g/mol. The van der Waals surface area contributed by atoms with Crippen LogP contribution >= 0.6 is 0 Å². The SMILES string of the molecule is CN1[C@@H]2COC[C@H]1CC(NC(=O)c1cn(C(C)(C)C(F)(F)F)c3ncccc13)C2. The summed E-state index contributed by atoms with van der Waals surface area (Å²) in [5, 5.41) is 3.45. The molecule has 2 aliphatic rings. The van der Waals surface area contributed by atoms with E-state index in [1.165, 1.54) is 12.4 Å². The minimum Gasteiger partial charge on any atom is -0.378 e. The number of fused-ring (bicyclic) bond motifs is 3. The van der Waals surface area contributed by atoms with Crippen molar-refractivity contribution in [3.63, 3.8) is 0 Å². The molecular formula is C20H25F3N4O2. The highest BCUT2D eigenvalue weighted by Gasteiger charge is 2.50. The first-order valence-corrected chi connectivity index (χ1v) is 9.73. The van der Waals surface area contributed by atoms with Gasteiger partial charge in [-0.15, -0.1) is 0 Å². The van der Waals surface area contributed by atoms with Gasteiger partial charge in [-0.1, -0.05) is 0 Å². The largest absolute Gasteiger partial charge is 0.411 e. The second kappa shape index (κ2) is 6.98. The molecule has 2 aromatic heterocycles. The number of nitrogens with zero attached hydrogens (tertiary/aromatic N) is 3. The van der Waals surface area contributed by atoms with Gasteiger partial charge in [0.1, 0.15) is 11.2 Å². The molecule has 6 nitrogen and oxygen atoms in total. The summed E-state index contributed by atoms with van der Waals surface area (Å²) in [6, 6.07) is 3.70. The van der Waals surface area contributed by atoms with Gasteiger partial charge in [-0.05, 0) is 45.9 Å². The van der Waals surface area contributed by atoms with Crippen LogP contribution in [-0.4, -0.2) is 64.9 Å². The minimum absolute atomic E-state index is 0.0386. The fourth-order valence-corrected chi connectivity index (χ4v) is 4.28. The van der Waals surface area contributed by atoms with Gasteiger partial charge in [0.15, 0.2) is 0 Å². The Morgan fingerprint density at radius 3 is 2.52 bits per heavy atom. The number of alkyl halides is 3. The highest BCUT2D eigenvalue weighted by Crippen LogP contribution is 2.39. The molecule has 3 atom stereocenters. The zero-order chi connectivity index (χ0) is 21.0. The molecule has 2 fully saturated rings. The van der Waals surface area contributed by atoms with Gasteiger partial charge in [0.2, 0.25) is 0 Å². The van der Waals surface area contributed by atoms with E-state index in [2.05, 4.69) is 22.2 Å². The standard InChI is InChI=1S/C20H25F3N4O2/c1-19(2,20(21,22)23)27-9-16(15-5-4-6-24-17(15)27)18(28)25-12-7-13-10-29-11-14(8-12)26(13)3/h4-6,9,12-14H,7-8,10-11H2,1-3H3,(H,25,28)/t12?,13-,14+. The maximum atomic E-state index is 13.6. The fourth-order valence-electron chi connectivity index (χ4n) is 4.28. The van der Waals surface area contributed by atoms with Crippen molar-refractivity contribution >= 4 is 16.9 Å². The van der Waals surface area contributed by atoms with Crippen molar-refractivity contribution in [1.82, 2.24) is 19.8 Å². The molecule has 2 saturated heterocycles. The summed E-state index contributed by atoms with van der Waals surface area (Å²) in [4.78, 5) is 19.5. The van der Waals surface area contributed by atoms with E-state index in [1.807, 2.05) is 0 Å². The summed E-state index contributed by atoms with van der Waals surface area (Å²) in [6.45, 7) is 3.42. The highest BCUT2D eigenvalue weighted by molar-refractivity contribution is 6.06.